The maximum absolute atomic E-state index is 13.4. The average molecular weight is 532 g/mol. The Morgan fingerprint density at radius 1 is 1.24 bits per heavy atom. The van der Waals surface area contributed by atoms with Gasteiger partial charge in [-0.1, -0.05) is 13.8 Å². The number of nitrogens with zero attached hydrogens (tertiary/aromatic N) is 2. The smallest absolute Gasteiger partial charge is 0.223 e. The minimum absolute atomic E-state index is 0.0235. The molecule has 1 saturated carbocycles. The zero-order valence-electron chi connectivity index (χ0n) is 22.8. The van der Waals surface area contributed by atoms with Gasteiger partial charge in [-0.15, -0.1) is 11.3 Å². The summed E-state index contributed by atoms with van der Waals surface area (Å²) in [5, 5.41) is 25.6. The highest BCUT2D eigenvalue weighted by Crippen LogP contribution is 2.63. The summed E-state index contributed by atoms with van der Waals surface area (Å²) in [5.41, 5.74) is 0.800. The van der Waals surface area contributed by atoms with Crippen molar-refractivity contribution in [3.8, 4) is 11.5 Å². The largest absolute Gasteiger partial charge is 0.497 e. The van der Waals surface area contributed by atoms with Gasteiger partial charge in [-0.25, -0.2) is 4.98 Å². The molecular weight excluding hydrogens is 490 g/mol. The van der Waals surface area contributed by atoms with Gasteiger partial charge in [0.15, 0.2) is 5.13 Å². The Morgan fingerprint density at radius 2 is 1.97 bits per heavy atom. The average Bonchev–Trinajstić information content (AvgIpc) is 3.30. The Hall–Kier alpha value is -2.36. The lowest BCUT2D eigenvalue weighted by atomic mass is 9.47. The van der Waals surface area contributed by atoms with E-state index in [0.29, 0.717) is 43.9 Å². The molecule has 1 heterocycles. The number of aromatic nitrogens is 1. The second-order valence-corrected chi connectivity index (χ2v) is 11.9. The number of nitrogens with one attached hydrogen (secondary N) is 1. The third-order valence-corrected chi connectivity index (χ3v) is 10.0. The Balaban J connectivity index is 1.77. The summed E-state index contributed by atoms with van der Waals surface area (Å²) in [7, 11) is 3.25. The van der Waals surface area contributed by atoms with Crippen molar-refractivity contribution in [2.75, 3.05) is 39.2 Å². The number of hydrogen-bond donors (Lipinski definition) is 3. The number of rotatable bonds is 9. The van der Waals surface area contributed by atoms with Gasteiger partial charge in [0.05, 0.1) is 38.3 Å². The number of methoxy groups -OCH3 is 2. The van der Waals surface area contributed by atoms with Gasteiger partial charge >= 0.3 is 0 Å². The zero-order chi connectivity index (χ0) is 27.0. The Bertz CT molecular complexity index is 1120. The van der Waals surface area contributed by atoms with Crippen molar-refractivity contribution in [2.45, 2.75) is 65.4 Å². The molecule has 2 aliphatic rings. The molecule has 1 aromatic heterocycles. The highest BCUT2D eigenvalue weighted by Gasteiger charge is 2.59. The van der Waals surface area contributed by atoms with Crippen LogP contribution in [0.2, 0.25) is 0 Å². The number of benzene rings is 1. The van der Waals surface area contributed by atoms with Crippen LogP contribution in [0.5, 0.6) is 11.5 Å². The molecule has 37 heavy (non-hydrogen) atoms. The molecule has 9 heteroatoms. The molecule has 4 rings (SSSR count). The molecule has 5 atom stereocenters. The van der Waals surface area contributed by atoms with Gasteiger partial charge in [0.1, 0.15) is 11.5 Å². The first-order chi connectivity index (χ1) is 17.6. The molecule has 5 unspecified atom stereocenters. The first kappa shape index (κ1) is 27.7. The zero-order valence-corrected chi connectivity index (χ0v) is 23.7. The summed E-state index contributed by atoms with van der Waals surface area (Å²) in [5.74, 6) is 1.43. The van der Waals surface area contributed by atoms with Gasteiger partial charge in [-0.3, -0.25) is 4.79 Å². The monoisotopic (exact) mass is 531 g/mol. The Morgan fingerprint density at radius 3 is 2.59 bits per heavy atom. The minimum Gasteiger partial charge on any atom is -0.497 e. The van der Waals surface area contributed by atoms with Gasteiger partial charge in [-0.05, 0) is 56.6 Å². The summed E-state index contributed by atoms with van der Waals surface area (Å²) in [6, 6.07) is 5.57. The van der Waals surface area contributed by atoms with E-state index >= 15 is 0 Å². The quantitative estimate of drug-likeness (QED) is 0.435. The van der Waals surface area contributed by atoms with E-state index in [1.807, 2.05) is 43.9 Å². The van der Waals surface area contributed by atoms with E-state index < -0.39 is 11.5 Å². The fourth-order valence-electron chi connectivity index (χ4n) is 6.61. The number of carbonyl (C=O) groups is 1. The second kappa shape index (κ2) is 10.8. The summed E-state index contributed by atoms with van der Waals surface area (Å²) >= 11 is 1.57. The molecule has 3 N–H and O–H groups in total. The number of aliphatic hydroxyl groups is 2. The van der Waals surface area contributed by atoms with Gasteiger partial charge < -0.3 is 29.9 Å². The molecule has 8 nitrogen and oxygen atoms in total. The first-order valence-electron chi connectivity index (χ1n) is 13.2. The van der Waals surface area contributed by atoms with Crippen molar-refractivity contribution in [2.24, 2.45) is 16.7 Å². The summed E-state index contributed by atoms with van der Waals surface area (Å²) in [6.07, 6.45) is 1.89. The van der Waals surface area contributed by atoms with Crippen molar-refractivity contribution in [3.05, 3.63) is 28.8 Å². The fraction of sp³-hybridized carbons (Fsp3) is 0.643. The van der Waals surface area contributed by atoms with Crippen molar-refractivity contribution in [3.63, 3.8) is 0 Å². The van der Waals surface area contributed by atoms with Crippen LogP contribution in [0.3, 0.4) is 0 Å². The number of amides is 1. The van der Waals surface area contributed by atoms with Crippen LogP contribution in [-0.4, -0.2) is 66.0 Å². The maximum Gasteiger partial charge on any atom is 0.223 e. The molecule has 0 aliphatic heterocycles. The van der Waals surface area contributed by atoms with Crippen molar-refractivity contribution in [1.29, 1.82) is 0 Å². The third kappa shape index (κ3) is 4.81. The predicted molar refractivity (Wildman–Crippen MR) is 146 cm³/mol. The number of thiazole rings is 1. The molecule has 1 aromatic carbocycles. The van der Waals surface area contributed by atoms with E-state index in [0.717, 1.165) is 27.8 Å². The van der Waals surface area contributed by atoms with Crippen LogP contribution in [-0.2, 0) is 11.2 Å². The second-order valence-electron chi connectivity index (χ2n) is 10.8. The number of carbonyl (C=O) groups excluding carboxylic acids is 1. The van der Waals surface area contributed by atoms with Gasteiger partial charge in [0.25, 0.3) is 0 Å². The molecule has 0 saturated heterocycles. The van der Waals surface area contributed by atoms with E-state index in [2.05, 4.69) is 12.2 Å². The normalized spacial score (nSPS) is 28.7. The topological polar surface area (TPSA) is 104 Å². The number of aliphatic hydroxyl groups excluding tert-OH is 2. The van der Waals surface area contributed by atoms with Crippen LogP contribution < -0.4 is 14.8 Å². The molecule has 1 fully saturated rings. The van der Waals surface area contributed by atoms with Gasteiger partial charge in [0.2, 0.25) is 5.91 Å². The van der Waals surface area contributed by atoms with Crippen molar-refractivity contribution >= 4 is 28.1 Å². The SMILES string of the molecule is CCN(CC)C(=O)CC1c2nc(Nc3cc(OC)ccc3OC)sc2CC2C(C)(CO)C(O)CCC12C. The number of hydrogen-bond acceptors (Lipinski definition) is 8. The van der Waals surface area contributed by atoms with Gasteiger partial charge in [0, 0.05) is 41.8 Å². The predicted octanol–water partition coefficient (Wildman–Crippen LogP) is 4.58. The molecule has 204 valence electrons. The summed E-state index contributed by atoms with van der Waals surface area (Å²) in [6.45, 7) is 9.48. The van der Waals surface area contributed by atoms with E-state index in [1.54, 1.807) is 25.6 Å². The summed E-state index contributed by atoms with van der Waals surface area (Å²) < 4.78 is 10.9. The molecule has 0 spiro atoms. The highest BCUT2D eigenvalue weighted by atomic mass is 32.1. The lowest BCUT2D eigenvalue weighted by Crippen LogP contribution is -2.57. The first-order valence-corrected chi connectivity index (χ1v) is 14.0. The number of ether oxygens (including phenoxy) is 2. The van der Waals surface area contributed by atoms with E-state index in [1.165, 1.54) is 0 Å². The molecule has 0 bridgehead atoms. The number of fused-ring (bicyclic) bond motifs is 2. The van der Waals surface area contributed by atoms with Crippen LogP contribution in [0.4, 0.5) is 10.8 Å². The van der Waals surface area contributed by atoms with Crippen LogP contribution >= 0.6 is 11.3 Å². The third-order valence-electron chi connectivity index (χ3n) is 9.04. The lowest BCUT2D eigenvalue weighted by Gasteiger charge is -2.58. The Kier molecular flexibility index (Phi) is 8.07. The van der Waals surface area contributed by atoms with Crippen LogP contribution in [0.15, 0.2) is 18.2 Å². The van der Waals surface area contributed by atoms with Crippen molar-refractivity contribution in [1.82, 2.24) is 9.88 Å². The fourth-order valence-corrected chi connectivity index (χ4v) is 7.69. The molecule has 2 aliphatic carbocycles. The van der Waals surface area contributed by atoms with Crippen LogP contribution in [0.25, 0.3) is 0 Å². The molecule has 0 radical (unpaired) electrons. The lowest BCUT2D eigenvalue weighted by molar-refractivity contribution is -0.147. The van der Waals surface area contributed by atoms with E-state index in [4.69, 9.17) is 14.5 Å². The molecular formula is C28H41N3O5S. The van der Waals surface area contributed by atoms with Gasteiger partial charge in [-0.2, -0.15) is 0 Å². The number of anilines is 2. The maximum atomic E-state index is 13.4. The van der Waals surface area contributed by atoms with Crippen molar-refractivity contribution < 1.29 is 24.5 Å². The van der Waals surface area contributed by atoms with E-state index in [9.17, 15) is 15.0 Å². The highest BCUT2D eigenvalue weighted by molar-refractivity contribution is 7.15. The van der Waals surface area contributed by atoms with E-state index in [-0.39, 0.29) is 29.8 Å². The summed E-state index contributed by atoms with van der Waals surface area (Å²) in [4.78, 5) is 21.5. The standard InChI is InChI=1S/C28H41N3O5S/c1-7-31(8-2)24(34)14-18-25-21(15-22-27(18,3)12-11-23(33)28(22,4)16-32)37-26(30-25)29-19-13-17(35-5)9-10-20(19)36-6/h9-10,13,18,22-23,32-33H,7-8,11-12,14-16H2,1-6H3,(H,29,30). The molecule has 2 aromatic rings. The van der Waals surface area contributed by atoms with Crippen LogP contribution in [0, 0.1) is 16.7 Å². The van der Waals surface area contributed by atoms with Crippen LogP contribution in [0.1, 0.15) is 63.4 Å². The molecule has 1 amide bonds. The Labute approximate surface area is 224 Å². The minimum atomic E-state index is -0.644.